The first-order valence-electron chi connectivity index (χ1n) is 6.66. The highest BCUT2D eigenvalue weighted by molar-refractivity contribution is 6.36. The molecule has 120 valence electrons. The Labute approximate surface area is 148 Å². The first kappa shape index (κ1) is 17.6. The molecule has 0 heterocycles. The lowest BCUT2D eigenvalue weighted by Gasteiger charge is -2.09. The highest BCUT2D eigenvalue weighted by Gasteiger charge is 2.12. The third-order valence-corrected chi connectivity index (χ3v) is 3.84. The van der Waals surface area contributed by atoms with Crippen molar-refractivity contribution in [2.45, 2.75) is 6.92 Å². The van der Waals surface area contributed by atoms with Gasteiger partial charge in [0, 0.05) is 5.02 Å². The summed E-state index contributed by atoms with van der Waals surface area (Å²) >= 11 is 17.8. The number of hydrogen-bond donors (Lipinski definition) is 2. The minimum atomic E-state index is -0.461. The van der Waals surface area contributed by atoms with E-state index in [9.17, 15) is 9.59 Å². The van der Waals surface area contributed by atoms with Gasteiger partial charge in [0.25, 0.3) is 5.91 Å². The molecule has 0 fully saturated rings. The number of nitrogens with one attached hydrogen (secondary N) is 2. The number of rotatable bonds is 4. The summed E-state index contributed by atoms with van der Waals surface area (Å²) in [6, 6.07) is 9.78. The number of amides is 2. The molecule has 2 aromatic carbocycles. The molecule has 2 N–H and O–H groups in total. The lowest BCUT2D eigenvalue weighted by atomic mass is 10.2. The van der Waals surface area contributed by atoms with E-state index in [1.54, 1.807) is 18.2 Å². The molecule has 0 bridgehead atoms. The summed E-state index contributed by atoms with van der Waals surface area (Å²) in [6.07, 6.45) is 0. The normalized spacial score (nSPS) is 10.3. The summed E-state index contributed by atoms with van der Waals surface area (Å²) < 4.78 is 0. The SMILES string of the molecule is Cc1ccc(NC(=O)CNC(=O)c2ccc(Cl)cc2Cl)c(Cl)c1. The van der Waals surface area contributed by atoms with Crippen LogP contribution >= 0.6 is 34.8 Å². The minimum absolute atomic E-state index is 0.206. The predicted molar refractivity (Wildman–Crippen MR) is 93.6 cm³/mol. The number of benzene rings is 2. The highest BCUT2D eigenvalue weighted by Crippen LogP contribution is 2.23. The van der Waals surface area contributed by atoms with Gasteiger partial charge in [-0.2, -0.15) is 0 Å². The van der Waals surface area contributed by atoms with Crippen molar-refractivity contribution < 1.29 is 9.59 Å². The van der Waals surface area contributed by atoms with Gasteiger partial charge in [0.1, 0.15) is 0 Å². The molecule has 7 heteroatoms. The van der Waals surface area contributed by atoms with Gasteiger partial charge < -0.3 is 10.6 Å². The van der Waals surface area contributed by atoms with Crippen LogP contribution in [-0.2, 0) is 4.79 Å². The maximum Gasteiger partial charge on any atom is 0.253 e. The number of anilines is 1. The van der Waals surface area contributed by atoms with E-state index in [0.717, 1.165) is 5.56 Å². The largest absolute Gasteiger partial charge is 0.343 e. The predicted octanol–water partition coefficient (Wildman–Crippen LogP) is 4.32. The summed E-state index contributed by atoms with van der Waals surface area (Å²) in [7, 11) is 0. The maximum absolute atomic E-state index is 12.0. The van der Waals surface area contributed by atoms with E-state index in [1.807, 2.05) is 13.0 Å². The number of carbonyl (C=O) groups is 2. The fourth-order valence-corrected chi connectivity index (χ4v) is 2.62. The number of carbonyl (C=O) groups excluding carboxylic acids is 2. The first-order chi connectivity index (χ1) is 10.9. The summed E-state index contributed by atoms with van der Waals surface area (Å²) in [6.45, 7) is 1.69. The average Bonchev–Trinajstić information content (AvgIpc) is 2.48. The molecular formula is C16H13Cl3N2O2. The third-order valence-electron chi connectivity index (χ3n) is 2.98. The van der Waals surface area contributed by atoms with Gasteiger partial charge >= 0.3 is 0 Å². The molecule has 0 spiro atoms. The fraction of sp³-hybridized carbons (Fsp3) is 0.125. The maximum atomic E-state index is 12.0. The van der Waals surface area contributed by atoms with Crippen molar-refractivity contribution >= 4 is 52.3 Å². The van der Waals surface area contributed by atoms with Crippen molar-refractivity contribution in [3.8, 4) is 0 Å². The van der Waals surface area contributed by atoms with Crippen LogP contribution in [0.25, 0.3) is 0 Å². The molecule has 0 atom stereocenters. The van der Waals surface area contributed by atoms with E-state index in [0.29, 0.717) is 15.7 Å². The lowest BCUT2D eigenvalue weighted by molar-refractivity contribution is -0.115. The van der Waals surface area contributed by atoms with Crippen LogP contribution in [0.4, 0.5) is 5.69 Å². The quantitative estimate of drug-likeness (QED) is 0.840. The van der Waals surface area contributed by atoms with Crippen LogP contribution in [-0.4, -0.2) is 18.4 Å². The zero-order valence-corrected chi connectivity index (χ0v) is 14.4. The molecule has 0 aliphatic carbocycles. The van der Waals surface area contributed by atoms with Crippen molar-refractivity contribution in [2.75, 3.05) is 11.9 Å². The van der Waals surface area contributed by atoms with E-state index in [2.05, 4.69) is 10.6 Å². The first-order valence-corrected chi connectivity index (χ1v) is 7.79. The van der Waals surface area contributed by atoms with Crippen molar-refractivity contribution in [2.24, 2.45) is 0 Å². The molecule has 0 saturated heterocycles. The Bertz CT molecular complexity index is 763. The van der Waals surface area contributed by atoms with Gasteiger partial charge in [0.05, 0.1) is 27.8 Å². The van der Waals surface area contributed by atoms with Crippen LogP contribution in [0.2, 0.25) is 15.1 Å². The van der Waals surface area contributed by atoms with Crippen LogP contribution in [0.5, 0.6) is 0 Å². The molecule has 2 rings (SSSR count). The topological polar surface area (TPSA) is 58.2 Å². The summed E-state index contributed by atoms with van der Waals surface area (Å²) in [5.74, 6) is -0.856. The Morgan fingerprint density at radius 3 is 2.39 bits per heavy atom. The Kier molecular flexibility index (Phi) is 5.88. The molecule has 0 unspecified atom stereocenters. The van der Waals surface area contributed by atoms with Crippen LogP contribution in [0.1, 0.15) is 15.9 Å². The number of halogens is 3. The van der Waals surface area contributed by atoms with Gasteiger partial charge in [-0.25, -0.2) is 0 Å². The molecule has 23 heavy (non-hydrogen) atoms. The second kappa shape index (κ2) is 7.68. The second-order valence-corrected chi connectivity index (χ2v) is 6.09. The van der Waals surface area contributed by atoms with Crippen molar-refractivity contribution in [1.82, 2.24) is 5.32 Å². The minimum Gasteiger partial charge on any atom is -0.343 e. The zero-order valence-electron chi connectivity index (χ0n) is 12.1. The standard InChI is InChI=1S/C16H13Cl3N2O2/c1-9-2-5-14(13(19)6-9)21-15(22)8-20-16(23)11-4-3-10(17)7-12(11)18/h2-7H,8H2,1H3,(H,20,23)(H,21,22). The Morgan fingerprint density at radius 1 is 1.00 bits per heavy atom. The van der Waals surface area contributed by atoms with Crippen LogP contribution in [0, 0.1) is 6.92 Å². The van der Waals surface area contributed by atoms with Crippen LogP contribution in [0.3, 0.4) is 0 Å². The Morgan fingerprint density at radius 2 is 1.74 bits per heavy atom. The third kappa shape index (κ3) is 4.86. The molecule has 0 radical (unpaired) electrons. The van der Waals surface area contributed by atoms with Gasteiger partial charge in [0.2, 0.25) is 5.91 Å². The average molecular weight is 372 g/mol. The van der Waals surface area contributed by atoms with Gasteiger partial charge in [-0.1, -0.05) is 40.9 Å². The van der Waals surface area contributed by atoms with Gasteiger partial charge in [-0.15, -0.1) is 0 Å². The number of hydrogen-bond acceptors (Lipinski definition) is 2. The number of aryl methyl sites for hydroxylation is 1. The monoisotopic (exact) mass is 370 g/mol. The van der Waals surface area contributed by atoms with Gasteiger partial charge in [-0.05, 0) is 42.8 Å². The molecule has 0 aliphatic rings. The lowest BCUT2D eigenvalue weighted by Crippen LogP contribution is -2.33. The highest BCUT2D eigenvalue weighted by atomic mass is 35.5. The summed E-state index contributed by atoms with van der Waals surface area (Å²) in [5, 5.41) is 6.20. The van der Waals surface area contributed by atoms with E-state index < -0.39 is 11.8 Å². The summed E-state index contributed by atoms with van der Waals surface area (Å²) in [4.78, 5) is 23.9. The van der Waals surface area contributed by atoms with Crippen molar-refractivity contribution in [1.29, 1.82) is 0 Å². The molecule has 4 nitrogen and oxygen atoms in total. The van der Waals surface area contributed by atoms with Crippen LogP contribution in [0.15, 0.2) is 36.4 Å². The van der Waals surface area contributed by atoms with Gasteiger partial charge in [-0.3, -0.25) is 9.59 Å². The molecule has 2 aromatic rings. The second-order valence-electron chi connectivity index (χ2n) is 4.84. The van der Waals surface area contributed by atoms with E-state index in [-0.39, 0.29) is 17.1 Å². The van der Waals surface area contributed by atoms with Crippen LogP contribution < -0.4 is 10.6 Å². The van der Waals surface area contributed by atoms with Gasteiger partial charge in [0.15, 0.2) is 0 Å². The van der Waals surface area contributed by atoms with Crippen molar-refractivity contribution in [3.63, 3.8) is 0 Å². The smallest absolute Gasteiger partial charge is 0.253 e. The molecule has 0 aromatic heterocycles. The molecule has 0 saturated carbocycles. The van der Waals surface area contributed by atoms with E-state index in [4.69, 9.17) is 34.8 Å². The van der Waals surface area contributed by atoms with Crippen molar-refractivity contribution in [3.05, 3.63) is 62.6 Å². The Balaban J connectivity index is 1.94. The molecule has 2 amide bonds. The van der Waals surface area contributed by atoms with E-state index >= 15 is 0 Å². The summed E-state index contributed by atoms with van der Waals surface area (Å²) in [5.41, 5.74) is 1.72. The molecular weight excluding hydrogens is 359 g/mol. The Hall–Kier alpha value is -1.75. The van der Waals surface area contributed by atoms with E-state index in [1.165, 1.54) is 12.1 Å². The fourth-order valence-electron chi connectivity index (χ4n) is 1.85. The molecule has 0 aliphatic heterocycles. The zero-order chi connectivity index (χ0) is 17.0.